The van der Waals surface area contributed by atoms with Gasteiger partial charge in [-0.1, -0.05) is 0 Å². The molecular formula is C14H27N3O2. The zero-order chi connectivity index (χ0) is 13.9. The van der Waals surface area contributed by atoms with E-state index in [1.807, 2.05) is 6.92 Å². The summed E-state index contributed by atoms with van der Waals surface area (Å²) < 4.78 is 5.40. The van der Waals surface area contributed by atoms with Gasteiger partial charge in [-0.3, -0.25) is 4.79 Å². The highest BCUT2D eigenvalue weighted by molar-refractivity contribution is 5.84. The summed E-state index contributed by atoms with van der Waals surface area (Å²) in [5, 5.41) is 3.39. The summed E-state index contributed by atoms with van der Waals surface area (Å²) in [6.07, 6.45) is 5.23. The first-order chi connectivity index (χ1) is 9.01. The van der Waals surface area contributed by atoms with Crippen LogP contribution in [0.4, 0.5) is 0 Å². The molecule has 0 aromatic rings. The van der Waals surface area contributed by atoms with E-state index in [9.17, 15) is 4.79 Å². The van der Waals surface area contributed by atoms with E-state index >= 15 is 0 Å². The van der Waals surface area contributed by atoms with Gasteiger partial charge >= 0.3 is 0 Å². The van der Waals surface area contributed by atoms with Crippen LogP contribution in [0.15, 0.2) is 0 Å². The first kappa shape index (κ1) is 14.8. The Kier molecular flexibility index (Phi) is 4.81. The lowest BCUT2D eigenvalue weighted by atomic mass is 9.94. The van der Waals surface area contributed by atoms with E-state index < -0.39 is 5.54 Å². The van der Waals surface area contributed by atoms with Gasteiger partial charge in [-0.2, -0.15) is 0 Å². The number of primary amides is 1. The molecule has 110 valence electrons. The van der Waals surface area contributed by atoms with Crippen molar-refractivity contribution in [1.29, 1.82) is 0 Å². The monoisotopic (exact) mass is 269 g/mol. The predicted octanol–water partition coefficient (Wildman–Crippen LogP) is 0.483. The summed E-state index contributed by atoms with van der Waals surface area (Å²) in [7, 11) is 2.13. The summed E-state index contributed by atoms with van der Waals surface area (Å²) in [4.78, 5) is 14.0. The van der Waals surface area contributed by atoms with Crippen molar-refractivity contribution in [1.82, 2.24) is 10.2 Å². The van der Waals surface area contributed by atoms with Crippen molar-refractivity contribution in [3.8, 4) is 0 Å². The van der Waals surface area contributed by atoms with E-state index in [0.29, 0.717) is 12.1 Å². The Bertz CT molecular complexity index is 314. The highest BCUT2D eigenvalue weighted by atomic mass is 16.5. The number of ether oxygens (including phenoxy) is 1. The van der Waals surface area contributed by atoms with Crippen LogP contribution in [-0.4, -0.2) is 55.2 Å². The normalized spacial score (nSPS) is 26.6. The fraction of sp³-hybridized carbons (Fsp3) is 0.929. The van der Waals surface area contributed by atoms with Gasteiger partial charge in [0.15, 0.2) is 0 Å². The van der Waals surface area contributed by atoms with Gasteiger partial charge in [0.05, 0.1) is 12.1 Å². The van der Waals surface area contributed by atoms with Crippen LogP contribution in [0.5, 0.6) is 0 Å². The zero-order valence-corrected chi connectivity index (χ0v) is 12.2. The lowest BCUT2D eigenvalue weighted by Gasteiger charge is -2.29. The van der Waals surface area contributed by atoms with Crippen LogP contribution < -0.4 is 11.1 Å². The fourth-order valence-corrected chi connectivity index (χ4v) is 2.68. The molecule has 0 radical (unpaired) electrons. The number of nitrogens with zero attached hydrogens (tertiary/aromatic N) is 1. The Morgan fingerprint density at radius 2 is 2.21 bits per heavy atom. The van der Waals surface area contributed by atoms with Crippen LogP contribution in [0, 0.1) is 0 Å². The second kappa shape index (κ2) is 6.20. The minimum absolute atomic E-state index is 0.230. The van der Waals surface area contributed by atoms with Gasteiger partial charge in [-0.15, -0.1) is 0 Å². The third-order valence-electron chi connectivity index (χ3n) is 4.36. The summed E-state index contributed by atoms with van der Waals surface area (Å²) in [5.41, 5.74) is 5.00. The minimum atomic E-state index is -0.547. The van der Waals surface area contributed by atoms with Crippen LogP contribution in [0.25, 0.3) is 0 Å². The Balaban J connectivity index is 1.73. The van der Waals surface area contributed by atoms with Gasteiger partial charge in [0.1, 0.15) is 0 Å². The standard InChI is InChI=1S/C14H27N3O2/c1-14(13(15)18,16-11-4-5-11)7-3-8-17(2)12-6-9-19-10-12/h11-12,16H,3-10H2,1-2H3,(H2,15,18). The van der Waals surface area contributed by atoms with Crippen molar-refractivity contribution >= 4 is 5.91 Å². The Hall–Kier alpha value is -0.650. The number of hydrogen-bond donors (Lipinski definition) is 2. The number of likely N-dealkylation sites (N-methyl/N-ethyl adjacent to an activating group) is 1. The minimum Gasteiger partial charge on any atom is -0.380 e. The molecule has 1 heterocycles. The largest absolute Gasteiger partial charge is 0.380 e. The number of rotatable bonds is 8. The maximum atomic E-state index is 11.6. The lowest BCUT2D eigenvalue weighted by molar-refractivity contribution is -0.124. The average molecular weight is 269 g/mol. The summed E-state index contributed by atoms with van der Waals surface area (Å²) in [6.45, 7) is 4.64. The molecule has 5 heteroatoms. The molecule has 1 aliphatic carbocycles. The fourth-order valence-electron chi connectivity index (χ4n) is 2.68. The number of nitrogens with two attached hydrogens (primary N) is 1. The first-order valence-electron chi connectivity index (χ1n) is 7.37. The second-order valence-corrected chi connectivity index (χ2v) is 6.22. The van der Waals surface area contributed by atoms with Crippen molar-refractivity contribution in [2.24, 2.45) is 5.73 Å². The molecule has 2 unspecified atom stereocenters. The molecule has 0 bridgehead atoms. The van der Waals surface area contributed by atoms with Crippen molar-refractivity contribution in [3.05, 3.63) is 0 Å². The number of amides is 1. The van der Waals surface area contributed by atoms with Crippen LogP contribution in [0.2, 0.25) is 0 Å². The molecule has 1 saturated heterocycles. The second-order valence-electron chi connectivity index (χ2n) is 6.22. The van der Waals surface area contributed by atoms with Crippen molar-refractivity contribution in [2.45, 2.75) is 56.7 Å². The molecule has 3 N–H and O–H groups in total. The van der Waals surface area contributed by atoms with E-state index in [-0.39, 0.29) is 5.91 Å². The van der Waals surface area contributed by atoms with Gasteiger partial charge in [0, 0.05) is 18.7 Å². The molecule has 0 aromatic heterocycles. The molecule has 0 spiro atoms. The summed E-state index contributed by atoms with van der Waals surface area (Å²) >= 11 is 0. The van der Waals surface area contributed by atoms with Gasteiger partial charge in [0.2, 0.25) is 5.91 Å². The maximum Gasteiger partial charge on any atom is 0.237 e. The van der Waals surface area contributed by atoms with E-state index in [4.69, 9.17) is 10.5 Å². The van der Waals surface area contributed by atoms with E-state index in [0.717, 1.165) is 39.0 Å². The third kappa shape index (κ3) is 4.16. The Morgan fingerprint density at radius 3 is 2.74 bits per heavy atom. The molecule has 0 aromatic carbocycles. The smallest absolute Gasteiger partial charge is 0.237 e. The number of carbonyl (C=O) groups excluding carboxylic acids is 1. The average Bonchev–Trinajstić information content (AvgIpc) is 2.98. The van der Waals surface area contributed by atoms with E-state index in [2.05, 4.69) is 17.3 Å². The summed E-state index contributed by atoms with van der Waals surface area (Å²) in [5.74, 6) is -0.230. The molecule has 1 aliphatic heterocycles. The van der Waals surface area contributed by atoms with E-state index in [1.165, 1.54) is 12.8 Å². The lowest BCUT2D eigenvalue weighted by Crippen LogP contribution is -2.54. The van der Waals surface area contributed by atoms with Gasteiger partial charge in [-0.05, 0) is 52.6 Å². The Morgan fingerprint density at radius 1 is 1.47 bits per heavy atom. The van der Waals surface area contributed by atoms with Crippen LogP contribution in [0.1, 0.15) is 39.0 Å². The van der Waals surface area contributed by atoms with Gasteiger partial charge in [0.25, 0.3) is 0 Å². The molecule has 2 aliphatic rings. The maximum absolute atomic E-state index is 11.6. The topological polar surface area (TPSA) is 67.6 Å². The molecule has 2 fully saturated rings. The Labute approximate surface area is 115 Å². The number of hydrogen-bond acceptors (Lipinski definition) is 4. The predicted molar refractivity (Wildman–Crippen MR) is 74.8 cm³/mol. The van der Waals surface area contributed by atoms with Crippen LogP contribution in [0.3, 0.4) is 0 Å². The van der Waals surface area contributed by atoms with Crippen molar-refractivity contribution < 1.29 is 9.53 Å². The highest BCUT2D eigenvalue weighted by Crippen LogP contribution is 2.25. The molecule has 19 heavy (non-hydrogen) atoms. The van der Waals surface area contributed by atoms with Crippen molar-refractivity contribution in [2.75, 3.05) is 26.8 Å². The molecule has 2 rings (SSSR count). The van der Waals surface area contributed by atoms with Gasteiger partial charge in [-0.25, -0.2) is 0 Å². The molecule has 1 saturated carbocycles. The molecule has 2 atom stereocenters. The quantitative estimate of drug-likeness (QED) is 0.673. The highest BCUT2D eigenvalue weighted by Gasteiger charge is 2.36. The zero-order valence-electron chi connectivity index (χ0n) is 12.2. The van der Waals surface area contributed by atoms with Gasteiger partial charge < -0.3 is 20.7 Å². The number of carbonyl (C=O) groups is 1. The molecular weight excluding hydrogens is 242 g/mol. The van der Waals surface area contributed by atoms with Crippen molar-refractivity contribution in [3.63, 3.8) is 0 Å². The number of nitrogens with one attached hydrogen (secondary N) is 1. The molecule has 1 amide bonds. The van der Waals surface area contributed by atoms with Crippen LogP contribution >= 0.6 is 0 Å². The SMILES string of the molecule is CN(CCCC(C)(NC1CC1)C(N)=O)C1CCOC1. The first-order valence-corrected chi connectivity index (χ1v) is 7.37. The summed E-state index contributed by atoms with van der Waals surface area (Å²) in [6, 6.07) is 1.04. The molecule has 5 nitrogen and oxygen atoms in total. The third-order valence-corrected chi connectivity index (χ3v) is 4.36. The van der Waals surface area contributed by atoms with Crippen LogP contribution in [-0.2, 0) is 9.53 Å². The van der Waals surface area contributed by atoms with E-state index in [1.54, 1.807) is 0 Å².